The molecule has 29 heavy (non-hydrogen) atoms. The lowest BCUT2D eigenvalue weighted by Gasteiger charge is -2.14. The summed E-state index contributed by atoms with van der Waals surface area (Å²) in [6.45, 7) is 1.72. The van der Waals surface area contributed by atoms with Crippen LogP contribution in [0.25, 0.3) is 6.08 Å². The Morgan fingerprint density at radius 2 is 1.93 bits per heavy atom. The largest absolute Gasteiger partial charge is 0.323 e. The molecule has 8 heteroatoms. The highest BCUT2D eigenvalue weighted by molar-refractivity contribution is 8.26. The summed E-state index contributed by atoms with van der Waals surface area (Å²) in [6, 6.07) is 14.6. The van der Waals surface area contributed by atoms with Gasteiger partial charge in [-0.05, 0) is 42.3 Å². The van der Waals surface area contributed by atoms with E-state index in [1.54, 1.807) is 18.2 Å². The minimum atomic E-state index is -0.400. The Bertz CT molecular complexity index is 1040. The van der Waals surface area contributed by atoms with E-state index in [1.165, 1.54) is 22.7 Å². The van der Waals surface area contributed by atoms with Crippen molar-refractivity contribution < 1.29 is 9.59 Å². The molecule has 2 aromatic rings. The lowest BCUT2D eigenvalue weighted by atomic mass is 10.1. The molecule has 3 rings (SSSR count). The Balaban J connectivity index is 1.68. The van der Waals surface area contributed by atoms with Crippen molar-refractivity contribution in [1.82, 2.24) is 4.90 Å². The Kier molecular flexibility index (Phi) is 7.14. The summed E-state index contributed by atoms with van der Waals surface area (Å²) in [6.07, 6.45) is 3.75. The van der Waals surface area contributed by atoms with Gasteiger partial charge in [0.25, 0.3) is 5.91 Å². The van der Waals surface area contributed by atoms with Gasteiger partial charge in [-0.2, -0.15) is 0 Å². The molecule has 1 saturated heterocycles. The molecule has 0 radical (unpaired) electrons. The fourth-order valence-corrected chi connectivity index (χ4v) is 4.38. The van der Waals surface area contributed by atoms with Gasteiger partial charge in [-0.15, -0.1) is 0 Å². The van der Waals surface area contributed by atoms with Crippen LogP contribution in [-0.2, 0) is 9.59 Å². The molecule has 1 aliphatic rings. The molecular formula is C21H16Cl2N2O2S2. The van der Waals surface area contributed by atoms with E-state index in [1.807, 2.05) is 43.3 Å². The zero-order chi connectivity index (χ0) is 21.0. The van der Waals surface area contributed by atoms with Crippen LogP contribution in [0.3, 0.4) is 0 Å². The second kappa shape index (κ2) is 9.59. The number of hydrogen-bond donors (Lipinski definition) is 1. The molecule has 0 saturated carbocycles. The predicted molar refractivity (Wildman–Crippen MR) is 125 cm³/mol. The number of thiocarbonyl (C=S) groups is 1. The lowest BCUT2D eigenvalue weighted by molar-refractivity contribution is -0.126. The molecule has 2 amide bonds. The first-order chi connectivity index (χ1) is 13.8. The summed E-state index contributed by atoms with van der Waals surface area (Å²) in [5.41, 5.74) is 2.37. The first kappa shape index (κ1) is 21.6. The Hall–Kier alpha value is -2.12. The fourth-order valence-electron chi connectivity index (χ4n) is 2.62. The maximum atomic E-state index is 12.7. The number of nitrogens with zero attached hydrogens (tertiary/aromatic N) is 1. The molecular weight excluding hydrogens is 447 g/mol. The van der Waals surface area contributed by atoms with Crippen LogP contribution in [0, 0.1) is 0 Å². The van der Waals surface area contributed by atoms with Gasteiger partial charge in [0.1, 0.15) is 10.9 Å². The average Bonchev–Trinajstić information content (AvgIpc) is 2.92. The van der Waals surface area contributed by atoms with Gasteiger partial charge >= 0.3 is 0 Å². The Labute approximate surface area is 188 Å². The fraction of sp³-hybridized carbons (Fsp3) is 0.0952. The number of rotatable bonds is 5. The molecule has 2 aromatic carbocycles. The number of hydrogen-bond acceptors (Lipinski definition) is 4. The van der Waals surface area contributed by atoms with Crippen LogP contribution in [0.15, 0.2) is 65.1 Å². The van der Waals surface area contributed by atoms with E-state index in [2.05, 4.69) is 5.32 Å². The molecule has 0 spiro atoms. The van der Waals surface area contributed by atoms with Crippen molar-refractivity contribution in [2.24, 2.45) is 0 Å². The first-order valence-electron chi connectivity index (χ1n) is 8.57. The van der Waals surface area contributed by atoms with E-state index in [4.69, 9.17) is 35.4 Å². The first-order valence-corrected chi connectivity index (χ1v) is 10.5. The van der Waals surface area contributed by atoms with Gasteiger partial charge in [-0.25, -0.2) is 0 Å². The SMILES string of the molecule is CC(/C=C1\SC(=S)N(CC(=O)Nc2ccc(Cl)cc2Cl)C1=O)=C\c1ccccc1. The van der Waals surface area contributed by atoms with Crippen molar-refractivity contribution in [3.63, 3.8) is 0 Å². The lowest BCUT2D eigenvalue weighted by Crippen LogP contribution is -2.36. The minimum Gasteiger partial charge on any atom is -0.323 e. The predicted octanol–water partition coefficient (Wildman–Crippen LogP) is 5.78. The van der Waals surface area contributed by atoms with Crippen molar-refractivity contribution in [2.45, 2.75) is 6.92 Å². The number of allylic oxidation sites excluding steroid dienone is 2. The molecule has 0 unspecified atom stereocenters. The number of amides is 2. The number of carbonyl (C=O) groups excluding carboxylic acids is 2. The highest BCUT2D eigenvalue weighted by atomic mass is 35.5. The monoisotopic (exact) mass is 462 g/mol. The molecule has 0 atom stereocenters. The van der Waals surface area contributed by atoms with Crippen LogP contribution in [0.2, 0.25) is 10.0 Å². The van der Waals surface area contributed by atoms with E-state index in [-0.39, 0.29) is 12.5 Å². The van der Waals surface area contributed by atoms with Gasteiger partial charge in [0.05, 0.1) is 15.6 Å². The maximum absolute atomic E-state index is 12.7. The van der Waals surface area contributed by atoms with Crippen molar-refractivity contribution in [3.8, 4) is 0 Å². The van der Waals surface area contributed by atoms with Gasteiger partial charge in [-0.1, -0.05) is 83.6 Å². The van der Waals surface area contributed by atoms with Gasteiger partial charge < -0.3 is 5.32 Å². The summed E-state index contributed by atoms with van der Waals surface area (Å²) < 4.78 is 0.339. The molecule has 4 nitrogen and oxygen atoms in total. The highest BCUT2D eigenvalue weighted by Crippen LogP contribution is 2.32. The van der Waals surface area contributed by atoms with E-state index in [0.717, 1.165) is 11.1 Å². The number of carbonyl (C=O) groups is 2. The van der Waals surface area contributed by atoms with Crippen LogP contribution >= 0.6 is 47.2 Å². The third kappa shape index (κ3) is 5.70. The summed E-state index contributed by atoms with van der Waals surface area (Å²) in [4.78, 5) is 26.8. The van der Waals surface area contributed by atoms with Crippen LogP contribution in [0.1, 0.15) is 12.5 Å². The van der Waals surface area contributed by atoms with Gasteiger partial charge in [0.15, 0.2) is 0 Å². The molecule has 0 bridgehead atoms. The molecule has 1 heterocycles. The number of anilines is 1. The van der Waals surface area contributed by atoms with Crippen molar-refractivity contribution in [2.75, 3.05) is 11.9 Å². The minimum absolute atomic E-state index is 0.192. The third-order valence-electron chi connectivity index (χ3n) is 3.93. The molecule has 1 fully saturated rings. The Morgan fingerprint density at radius 1 is 1.21 bits per heavy atom. The second-order valence-electron chi connectivity index (χ2n) is 6.24. The van der Waals surface area contributed by atoms with Gasteiger partial charge in [0.2, 0.25) is 5.91 Å². The number of halogens is 2. The second-order valence-corrected chi connectivity index (χ2v) is 8.76. The molecule has 0 aliphatic carbocycles. The summed E-state index contributed by atoms with van der Waals surface area (Å²) in [5, 5.41) is 3.45. The molecule has 0 aromatic heterocycles. The van der Waals surface area contributed by atoms with Gasteiger partial charge in [0, 0.05) is 5.02 Å². The van der Waals surface area contributed by atoms with Gasteiger partial charge in [-0.3, -0.25) is 14.5 Å². The summed E-state index contributed by atoms with van der Waals surface area (Å²) >= 11 is 18.4. The van der Waals surface area contributed by atoms with E-state index >= 15 is 0 Å². The van der Waals surface area contributed by atoms with E-state index in [0.29, 0.717) is 25.0 Å². The van der Waals surface area contributed by atoms with E-state index in [9.17, 15) is 9.59 Å². The third-order valence-corrected chi connectivity index (χ3v) is 5.86. The normalized spacial score (nSPS) is 15.9. The number of thioether (sulfide) groups is 1. The molecule has 148 valence electrons. The Morgan fingerprint density at radius 3 is 2.62 bits per heavy atom. The number of nitrogens with one attached hydrogen (secondary N) is 1. The molecule has 1 aliphatic heterocycles. The highest BCUT2D eigenvalue weighted by Gasteiger charge is 2.33. The standard InChI is InChI=1S/C21H16Cl2N2O2S2/c1-13(9-14-5-3-2-4-6-14)10-18-20(27)25(21(28)29-18)12-19(26)24-17-8-7-15(22)11-16(17)23/h2-11H,12H2,1H3,(H,24,26)/b13-9+,18-10-. The van der Waals surface area contributed by atoms with Crippen LogP contribution in [-0.4, -0.2) is 27.6 Å². The van der Waals surface area contributed by atoms with Crippen LogP contribution in [0.4, 0.5) is 5.69 Å². The quantitative estimate of drug-likeness (QED) is 0.451. The van der Waals surface area contributed by atoms with E-state index < -0.39 is 5.91 Å². The molecule has 1 N–H and O–H groups in total. The summed E-state index contributed by atoms with van der Waals surface area (Å²) in [7, 11) is 0. The summed E-state index contributed by atoms with van der Waals surface area (Å²) in [5.74, 6) is -0.693. The smallest absolute Gasteiger partial charge is 0.266 e. The zero-order valence-electron chi connectivity index (χ0n) is 15.3. The average molecular weight is 463 g/mol. The number of benzene rings is 2. The maximum Gasteiger partial charge on any atom is 0.266 e. The van der Waals surface area contributed by atoms with Crippen molar-refractivity contribution in [3.05, 3.63) is 80.7 Å². The van der Waals surface area contributed by atoms with Crippen molar-refractivity contribution >= 4 is 75.1 Å². The van der Waals surface area contributed by atoms with Crippen LogP contribution in [0.5, 0.6) is 0 Å². The topological polar surface area (TPSA) is 49.4 Å². The van der Waals surface area contributed by atoms with Crippen molar-refractivity contribution in [1.29, 1.82) is 0 Å². The zero-order valence-corrected chi connectivity index (χ0v) is 18.5. The van der Waals surface area contributed by atoms with Crippen LogP contribution < -0.4 is 5.32 Å².